The Balaban J connectivity index is 1.76. The van der Waals surface area contributed by atoms with E-state index in [4.69, 9.17) is 0 Å². The van der Waals surface area contributed by atoms with E-state index in [0.29, 0.717) is 0 Å². The summed E-state index contributed by atoms with van der Waals surface area (Å²) >= 11 is 0. The molecule has 14 heavy (non-hydrogen) atoms. The minimum absolute atomic E-state index is 0.893. The Labute approximate surface area is 87.3 Å². The lowest BCUT2D eigenvalue weighted by Crippen LogP contribution is -2.07. The van der Waals surface area contributed by atoms with Gasteiger partial charge in [-0.3, -0.25) is 0 Å². The van der Waals surface area contributed by atoms with E-state index in [-0.39, 0.29) is 0 Å². The molecule has 1 aliphatic rings. The van der Waals surface area contributed by atoms with E-state index in [1.54, 1.807) is 0 Å². The molecule has 1 aliphatic carbocycles. The topological polar surface area (TPSA) is 0 Å². The minimum Gasteiger partial charge on any atom is -0.0622 e. The quantitative estimate of drug-likeness (QED) is 0.670. The molecule has 1 atom stereocenters. The number of aryl methyl sites for hydroxylation is 1. The van der Waals surface area contributed by atoms with Gasteiger partial charge in [-0.1, -0.05) is 49.6 Å². The molecule has 0 saturated heterocycles. The first kappa shape index (κ1) is 9.76. The van der Waals surface area contributed by atoms with Gasteiger partial charge in [0.15, 0.2) is 0 Å². The summed E-state index contributed by atoms with van der Waals surface area (Å²) in [6.07, 6.45) is 10.8. The van der Waals surface area contributed by atoms with Crippen LogP contribution in [0.1, 0.15) is 37.7 Å². The van der Waals surface area contributed by atoms with Crippen LogP contribution in [0, 0.1) is 12.3 Å². The van der Waals surface area contributed by atoms with Crippen LogP contribution in [-0.4, -0.2) is 0 Å². The fourth-order valence-electron chi connectivity index (χ4n) is 2.28. The SMILES string of the molecule is [CH]1CCCCC1CCc1ccccc1. The van der Waals surface area contributed by atoms with Crippen molar-refractivity contribution in [2.45, 2.75) is 38.5 Å². The monoisotopic (exact) mass is 187 g/mol. The Kier molecular flexibility index (Phi) is 3.62. The summed E-state index contributed by atoms with van der Waals surface area (Å²) < 4.78 is 0. The Hall–Kier alpha value is -0.780. The van der Waals surface area contributed by atoms with Gasteiger partial charge in [0.05, 0.1) is 0 Å². The third kappa shape index (κ3) is 2.87. The maximum absolute atomic E-state index is 2.53. The van der Waals surface area contributed by atoms with Gasteiger partial charge in [-0.25, -0.2) is 0 Å². The van der Waals surface area contributed by atoms with Gasteiger partial charge >= 0.3 is 0 Å². The molecule has 1 radical (unpaired) electrons. The van der Waals surface area contributed by atoms with Crippen LogP contribution in [0.15, 0.2) is 30.3 Å². The van der Waals surface area contributed by atoms with E-state index in [1.807, 2.05) is 0 Å². The third-order valence-corrected chi connectivity index (χ3v) is 3.18. The van der Waals surface area contributed by atoms with E-state index in [9.17, 15) is 0 Å². The maximum Gasteiger partial charge on any atom is -0.0276 e. The minimum atomic E-state index is 0.893. The molecule has 0 heteroatoms. The highest BCUT2D eigenvalue weighted by molar-refractivity contribution is 5.14. The fourth-order valence-corrected chi connectivity index (χ4v) is 2.28. The first-order valence-corrected chi connectivity index (χ1v) is 5.82. The van der Waals surface area contributed by atoms with Gasteiger partial charge in [0.2, 0.25) is 0 Å². The predicted octanol–water partition coefficient (Wildman–Crippen LogP) is 4.01. The molecule has 2 rings (SSSR count). The highest BCUT2D eigenvalue weighted by atomic mass is 14.2. The first-order chi connectivity index (χ1) is 6.95. The average molecular weight is 187 g/mol. The van der Waals surface area contributed by atoms with Gasteiger partial charge in [-0.05, 0) is 37.2 Å². The van der Waals surface area contributed by atoms with Gasteiger partial charge in [-0.15, -0.1) is 0 Å². The Morgan fingerprint density at radius 2 is 1.93 bits per heavy atom. The summed E-state index contributed by atoms with van der Waals surface area (Å²) in [5, 5.41) is 0. The molecular formula is C14H19. The summed E-state index contributed by atoms with van der Waals surface area (Å²) in [6, 6.07) is 10.8. The molecule has 0 nitrogen and oxygen atoms in total. The van der Waals surface area contributed by atoms with Crippen LogP contribution < -0.4 is 0 Å². The smallest absolute Gasteiger partial charge is 0.0276 e. The zero-order chi connectivity index (χ0) is 9.64. The van der Waals surface area contributed by atoms with Crippen LogP contribution in [0.2, 0.25) is 0 Å². The van der Waals surface area contributed by atoms with Crippen LogP contribution in [0.25, 0.3) is 0 Å². The molecule has 0 bridgehead atoms. The van der Waals surface area contributed by atoms with Crippen molar-refractivity contribution in [1.29, 1.82) is 0 Å². The predicted molar refractivity (Wildman–Crippen MR) is 61.0 cm³/mol. The molecule has 0 amide bonds. The highest BCUT2D eigenvalue weighted by Gasteiger charge is 2.12. The van der Waals surface area contributed by atoms with E-state index in [0.717, 1.165) is 5.92 Å². The van der Waals surface area contributed by atoms with E-state index in [2.05, 4.69) is 36.8 Å². The molecule has 1 aromatic carbocycles. The van der Waals surface area contributed by atoms with E-state index >= 15 is 0 Å². The Morgan fingerprint density at radius 3 is 2.64 bits per heavy atom. The summed E-state index contributed by atoms with van der Waals surface area (Å²) in [7, 11) is 0. The van der Waals surface area contributed by atoms with Crippen molar-refractivity contribution in [3.63, 3.8) is 0 Å². The van der Waals surface area contributed by atoms with Crippen LogP contribution in [-0.2, 0) is 6.42 Å². The van der Waals surface area contributed by atoms with E-state index in [1.165, 1.54) is 44.1 Å². The van der Waals surface area contributed by atoms with Gasteiger partial charge in [0, 0.05) is 0 Å². The first-order valence-electron chi connectivity index (χ1n) is 5.82. The molecular weight excluding hydrogens is 168 g/mol. The average Bonchev–Trinajstić information content (AvgIpc) is 2.29. The van der Waals surface area contributed by atoms with Crippen LogP contribution in [0.3, 0.4) is 0 Å². The number of benzene rings is 1. The molecule has 1 aromatic rings. The summed E-state index contributed by atoms with van der Waals surface area (Å²) in [5.74, 6) is 0.893. The molecule has 0 aliphatic heterocycles. The van der Waals surface area contributed by atoms with E-state index < -0.39 is 0 Å². The summed E-state index contributed by atoms with van der Waals surface area (Å²) in [5.41, 5.74) is 1.49. The van der Waals surface area contributed by atoms with Crippen molar-refractivity contribution < 1.29 is 0 Å². The second kappa shape index (κ2) is 5.19. The molecule has 1 unspecified atom stereocenters. The molecule has 1 fully saturated rings. The van der Waals surface area contributed by atoms with Crippen molar-refractivity contribution in [3.8, 4) is 0 Å². The van der Waals surface area contributed by atoms with Crippen LogP contribution in [0.5, 0.6) is 0 Å². The zero-order valence-electron chi connectivity index (χ0n) is 8.78. The lowest BCUT2D eigenvalue weighted by molar-refractivity contribution is 0.422. The normalized spacial score (nSPS) is 18.3. The molecule has 1 saturated carbocycles. The van der Waals surface area contributed by atoms with Crippen LogP contribution in [0.4, 0.5) is 0 Å². The molecule has 0 heterocycles. The largest absolute Gasteiger partial charge is 0.0622 e. The second-order valence-corrected chi connectivity index (χ2v) is 4.30. The Morgan fingerprint density at radius 1 is 1.07 bits per heavy atom. The zero-order valence-corrected chi connectivity index (χ0v) is 8.78. The van der Waals surface area contributed by atoms with Crippen molar-refractivity contribution >= 4 is 0 Å². The summed E-state index contributed by atoms with van der Waals surface area (Å²) in [6.45, 7) is 0. The lowest BCUT2D eigenvalue weighted by Gasteiger charge is -2.20. The van der Waals surface area contributed by atoms with Gasteiger partial charge in [0.25, 0.3) is 0 Å². The fraction of sp³-hybridized carbons (Fsp3) is 0.500. The summed E-state index contributed by atoms with van der Waals surface area (Å²) in [4.78, 5) is 0. The third-order valence-electron chi connectivity index (χ3n) is 3.18. The second-order valence-electron chi connectivity index (χ2n) is 4.30. The van der Waals surface area contributed by atoms with Crippen molar-refractivity contribution in [2.75, 3.05) is 0 Å². The Bertz CT molecular complexity index is 244. The van der Waals surface area contributed by atoms with Gasteiger partial charge in [-0.2, -0.15) is 0 Å². The van der Waals surface area contributed by atoms with Crippen LogP contribution >= 0.6 is 0 Å². The number of hydrogen-bond donors (Lipinski definition) is 0. The molecule has 0 N–H and O–H groups in total. The molecule has 75 valence electrons. The lowest BCUT2D eigenvalue weighted by atomic mass is 9.85. The number of hydrogen-bond acceptors (Lipinski definition) is 0. The molecule has 0 aromatic heterocycles. The van der Waals surface area contributed by atoms with Gasteiger partial charge < -0.3 is 0 Å². The molecule has 0 spiro atoms. The van der Waals surface area contributed by atoms with Crippen molar-refractivity contribution in [1.82, 2.24) is 0 Å². The van der Waals surface area contributed by atoms with Crippen molar-refractivity contribution in [2.24, 2.45) is 5.92 Å². The van der Waals surface area contributed by atoms with Crippen molar-refractivity contribution in [3.05, 3.63) is 42.3 Å². The maximum atomic E-state index is 2.53. The number of rotatable bonds is 3. The standard InChI is InChI=1S/C14H19/c1-3-7-13(8-4-1)11-12-14-9-5-2-6-10-14/h1,3-4,7-9,14H,2,5-6,10-12H2. The highest BCUT2D eigenvalue weighted by Crippen LogP contribution is 2.26. The van der Waals surface area contributed by atoms with Gasteiger partial charge in [0.1, 0.15) is 0 Å².